The second kappa shape index (κ2) is 7.84. The molecule has 0 fully saturated rings. The maximum absolute atomic E-state index is 11.4. The minimum absolute atomic E-state index is 0.0114. The molecule has 2 amide bonds. The van der Waals surface area contributed by atoms with Gasteiger partial charge in [0.15, 0.2) is 0 Å². The number of hydrogen-bond acceptors (Lipinski definition) is 5. The molecule has 1 aromatic heterocycles. The van der Waals surface area contributed by atoms with Crippen molar-refractivity contribution < 1.29 is 19.4 Å². The molecule has 1 atom stereocenters. The number of hydrogen-bond donors (Lipinski definition) is 3. The lowest BCUT2D eigenvalue weighted by atomic mass is 9.91. The SMILES string of the molecule is NC(=O)OCC(c1ccc(CO)cc1)c1nccc2cc(C(N)=O)ccc12. The number of primary amides is 2. The summed E-state index contributed by atoms with van der Waals surface area (Å²) in [6.07, 6.45) is 0.755. The zero-order valence-electron chi connectivity index (χ0n) is 14.5. The van der Waals surface area contributed by atoms with E-state index < -0.39 is 12.0 Å². The van der Waals surface area contributed by atoms with E-state index in [0.717, 1.165) is 21.9 Å². The highest BCUT2D eigenvalue weighted by molar-refractivity contribution is 5.98. The highest BCUT2D eigenvalue weighted by Crippen LogP contribution is 2.30. The van der Waals surface area contributed by atoms with Crippen LogP contribution in [-0.4, -0.2) is 28.7 Å². The summed E-state index contributed by atoms with van der Waals surface area (Å²) in [5, 5.41) is 10.8. The van der Waals surface area contributed by atoms with Crippen LogP contribution in [0.5, 0.6) is 0 Å². The molecule has 0 radical (unpaired) electrons. The molecule has 0 aliphatic rings. The van der Waals surface area contributed by atoms with Gasteiger partial charge in [0.1, 0.15) is 6.61 Å². The Morgan fingerprint density at radius 2 is 1.81 bits per heavy atom. The molecule has 0 aliphatic carbocycles. The number of fused-ring (bicyclic) bond motifs is 1. The third kappa shape index (κ3) is 4.04. The minimum Gasteiger partial charge on any atom is -0.449 e. The van der Waals surface area contributed by atoms with Gasteiger partial charge in [-0.1, -0.05) is 30.3 Å². The monoisotopic (exact) mass is 365 g/mol. The molecule has 138 valence electrons. The van der Waals surface area contributed by atoms with Gasteiger partial charge in [-0.25, -0.2) is 4.79 Å². The van der Waals surface area contributed by atoms with E-state index in [1.165, 1.54) is 0 Å². The molecule has 0 saturated heterocycles. The average Bonchev–Trinajstić information content (AvgIpc) is 2.68. The van der Waals surface area contributed by atoms with Gasteiger partial charge in [0.25, 0.3) is 0 Å². The molecule has 27 heavy (non-hydrogen) atoms. The molecule has 5 N–H and O–H groups in total. The number of aliphatic hydroxyl groups excluding tert-OH is 1. The first-order chi connectivity index (χ1) is 13.0. The van der Waals surface area contributed by atoms with Gasteiger partial charge in [0.2, 0.25) is 5.91 Å². The van der Waals surface area contributed by atoms with Gasteiger partial charge >= 0.3 is 6.09 Å². The summed E-state index contributed by atoms with van der Waals surface area (Å²) >= 11 is 0. The largest absolute Gasteiger partial charge is 0.449 e. The van der Waals surface area contributed by atoms with Crippen molar-refractivity contribution in [1.29, 1.82) is 0 Å². The third-order valence-electron chi connectivity index (χ3n) is 4.37. The lowest BCUT2D eigenvalue weighted by Crippen LogP contribution is -2.19. The van der Waals surface area contributed by atoms with Crippen molar-refractivity contribution >= 4 is 22.8 Å². The summed E-state index contributed by atoms with van der Waals surface area (Å²) in [4.78, 5) is 27.1. The van der Waals surface area contributed by atoms with E-state index in [-0.39, 0.29) is 19.1 Å². The maximum atomic E-state index is 11.4. The van der Waals surface area contributed by atoms with Crippen LogP contribution in [0.1, 0.15) is 33.1 Å². The van der Waals surface area contributed by atoms with Crippen molar-refractivity contribution in [2.24, 2.45) is 11.5 Å². The zero-order valence-corrected chi connectivity index (χ0v) is 14.5. The predicted molar refractivity (Wildman–Crippen MR) is 100 cm³/mol. The first kappa shape index (κ1) is 18.3. The Kier molecular flexibility index (Phi) is 5.33. The number of amides is 2. The van der Waals surface area contributed by atoms with E-state index in [1.54, 1.807) is 42.6 Å². The van der Waals surface area contributed by atoms with Crippen molar-refractivity contribution in [3.63, 3.8) is 0 Å². The Morgan fingerprint density at radius 1 is 1.07 bits per heavy atom. The van der Waals surface area contributed by atoms with Crippen LogP contribution in [0.15, 0.2) is 54.7 Å². The Balaban J connectivity index is 2.10. The first-order valence-electron chi connectivity index (χ1n) is 8.30. The van der Waals surface area contributed by atoms with Gasteiger partial charge in [-0.05, 0) is 34.7 Å². The molecule has 3 aromatic rings. The van der Waals surface area contributed by atoms with Crippen molar-refractivity contribution in [2.45, 2.75) is 12.5 Å². The molecule has 7 nitrogen and oxygen atoms in total. The van der Waals surface area contributed by atoms with Gasteiger partial charge in [0.05, 0.1) is 18.2 Å². The van der Waals surface area contributed by atoms with E-state index in [1.807, 2.05) is 12.1 Å². The van der Waals surface area contributed by atoms with Crippen molar-refractivity contribution in [3.05, 3.63) is 77.1 Å². The summed E-state index contributed by atoms with van der Waals surface area (Å²) in [5.41, 5.74) is 13.2. The van der Waals surface area contributed by atoms with E-state index in [2.05, 4.69) is 4.98 Å². The fourth-order valence-corrected chi connectivity index (χ4v) is 2.99. The third-order valence-corrected chi connectivity index (χ3v) is 4.37. The Labute approximate surface area is 155 Å². The summed E-state index contributed by atoms with van der Waals surface area (Å²) < 4.78 is 5.06. The molecule has 2 aromatic carbocycles. The summed E-state index contributed by atoms with van der Waals surface area (Å²) in [6.45, 7) is -0.0529. The number of carbonyl (C=O) groups excluding carboxylic acids is 2. The van der Waals surface area contributed by atoms with Crippen LogP contribution in [0.4, 0.5) is 4.79 Å². The topological polar surface area (TPSA) is 129 Å². The van der Waals surface area contributed by atoms with Crippen molar-refractivity contribution in [3.8, 4) is 0 Å². The molecule has 0 aliphatic heterocycles. The van der Waals surface area contributed by atoms with E-state index >= 15 is 0 Å². The fourth-order valence-electron chi connectivity index (χ4n) is 2.99. The standard InChI is InChI=1S/C20H19N3O4/c21-19(25)15-5-6-16-14(9-15)7-8-23-18(16)17(11-27-20(22)26)13-3-1-12(10-24)2-4-13/h1-9,17,24H,10-11H2,(H2,21,25)(H2,22,26). The lowest BCUT2D eigenvalue weighted by molar-refractivity contribution is 0.1000. The molecule has 0 spiro atoms. The van der Waals surface area contributed by atoms with E-state index in [0.29, 0.717) is 11.3 Å². The highest BCUT2D eigenvalue weighted by Gasteiger charge is 2.20. The van der Waals surface area contributed by atoms with E-state index in [4.69, 9.17) is 16.2 Å². The van der Waals surface area contributed by atoms with Crippen molar-refractivity contribution in [1.82, 2.24) is 4.98 Å². The molecule has 3 rings (SSSR count). The second-order valence-electron chi connectivity index (χ2n) is 6.08. The van der Waals surface area contributed by atoms with Crippen LogP contribution in [0.2, 0.25) is 0 Å². The molecule has 1 heterocycles. The summed E-state index contributed by atoms with van der Waals surface area (Å²) in [7, 11) is 0. The van der Waals surface area contributed by atoms with Gasteiger partial charge in [-0.2, -0.15) is 0 Å². The second-order valence-corrected chi connectivity index (χ2v) is 6.08. The fraction of sp³-hybridized carbons (Fsp3) is 0.150. The van der Waals surface area contributed by atoms with Crippen LogP contribution in [0, 0.1) is 0 Å². The minimum atomic E-state index is -0.872. The molecular weight excluding hydrogens is 346 g/mol. The average molecular weight is 365 g/mol. The Bertz CT molecular complexity index is 986. The smallest absolute Gasteiger partial charge is 0.404 e. The molecule has 7 heteroatoms. The van der Waals surface area contributed by atoms with Crippen LogP contribution in [0.3, 0.4) is 0 Å². The lowest BCUT2D eigenvalue weighted by Gasteiger charge is -2.19. The number of nitrogens with two attached hydrogens (primary N) is 2. The molecule has 0 bridgehead atoms. The number of benzene rings is 2. The van der Waals surface area contributed by atoms with Crippen molar-refractivity contribution in [2.75, 3.05) is 6.61 Å². The summed E-state index contributed by atoms with van der Waals surface area (Å²) in [5.74, 6) is -0.878. The van der Waals surface area contributed by atoms with Gasteiger partial charge < -0.3 is 21.3 Å². The highest BCUT2D eigenvalue weighted by atomic mass is 16.5. The molecule has 0 saturated carbocycles. The van der Waals surface area contributed by atoms with E-state index in [9.17, 15) is 14.7 Å². The van der Waals surface area contributed by atoms with Gasteiger partial charge in [-0.15, -0.1) is 0 Å². The quantitative estimate of drug-likeness (QED) is 0.616. The summed E-state index contributed by atoms with van der Waals surface area (Å²) in [6, 6.07) is 14.2. The first-order valence-corrected chi connectivity index (χ1v) is 8.30. The predicted octanol–water partition coefficient (Wildman–Crippen LogP) is 2.05. The number of aromatic nitrogens is 1. The maximum Gasteiger partial charge on any atom is 0.404 e. The number of pyridine rings is 1. The number of ether oxygens (including phenoxy) is 1. The van der Waals surface area contributed by atoms with Gasteiger partial charge in [-0.3, -0.25) is 9.78 Å². The number of nitrogens with zero attached hydrogens (tertiary/aromatic N) is 1. The zero-order chi connectivity index (χ0) is 19.4. The van der Waals surface area contributed by atoms with Gasteiger partial charge in [0, 0.05) is 17.1 Å². The van der Waals surface area contributed by atoms with Crippen LogP contribution >= 0.6 is 0 Å². The van der Waals surface area contributed by atoms with Crippen LogP contribution in [0.25, 0.3) is 10.8 Å². The normalized spacial score (nSPS) is 11.9. The number of aliphatic hydroxyl groups is 1. The van der Waals surface area contributed by atoms with Crippen LogP contribution < -0.4 is 11.5 Å². The number of rotatable bonds is 6. The number of carbonyl (C=O) groups is 2. The molecular formula is C20H19N3O4. The Morgan fingerprint density at radius 3 is 2.44 bits per heavy atom. The van der Waals surface area contributed by atoms with Crippen LogP contribution in [-0.2, 0) is 11.3 Å². The molecule has 1 unspecified atom stereocenters. The Hall–Kier alpha value is -3.45.